The molecule has 0 heterocycles. The summed E-state index contributed by atoms with van der Waals surface area (Å²) in [5.41, 5.74) is 0.751. The lowest BCUT2D eigenvalue weighted by atomic mass is 10.2. The Kier molecular flexibility index (Phi) is 3.94. The highest BCUT2D eigenvalue weighted by Crippen LogP contribution is 2.15. The predicted molar refractivity (Wildman–Crippen MR) is 53.6 cm³/mol. The minimum Gasteiger partial charge on any atom is -0.592 e. The van der Waals surface area contributed by atoms with Gasteiger partial charge in [-0.25, -0.2) is 0 Å². The quantitative estimate of drug-likeness (QED) is 0.439. The summed E-state index contributed by atoms with van der Waals surface area (Å²) in [5, 5.41) is 14.5. The molecule has 0 amide bonds. The highest BCUT2D eigenvalue weighted by molar-refractivity contribution is 6.32. The second-order valence-electron chi connectivity index (χ2n) is 2.40. The fourth-order valence-corrected chi connectivity index (χ4v) is 1.06. The molecular formula is C9H9ClN2O2. The Morgan fingerprint density at radius 1 is 1.50 bits per heavy atom. The summed E-state index contributed by atoms with van der Waals surface area (Å²) in [6.45, 7) is 0. The first-order chi connectivity index (χ1) is 6.74. The van der Waals surface area contributed by atoms with E-state index in [2.05, 4.69) is 10.1 Å². The molecular weight excluding hydrogens is 204 g/mol. The predicted octanol–water partition coefficient (Wildman–Crippen LogP) is 2.83. The molecule has 0 aromatic heterocycles. The Labute approximate surface area is 86.6 Å². The molecule has 14 heavy (non-hydrogen) atoms. The van der Waals surface area contributed by atoms with Crippen molar-refractivity contribution in [1.29, 1.82) is 0 Å². The zero-order chi connectivity index (χ0) is 10.4. The third-order valence-corrected chi connectivity index (χ3v) is 1.79. The number of hydrogen-bond acceptors (Lipinski definition) is 3. The molecule has 0 bridgehead atoms. The molecule has 0 aliphatic rings. The Hall–Kier alpha value is -1.55. The highest BCUT2D eigenvalue weighted by atomic mass is 35.5. The zero-order valence-corrected chi connectivity index (χ0v) is 8.31. The lowest BCUT2D eigenvalue weighted by Gasteiger charge is -1.95. The Morgan fingerprint density at radius 3 is 2.86 bits per heavy atom. The monoisotopic (exact) mass is 212 g/mol. The Bertz CT molecular complexity index is 364. The van der Waals surface area contributed by atoms with Gasteiger partial charge in [0.1, 0.15) is 7.11 Å². The summed E-state index contributed by atoms with van der Waals surface area (Å²) in [4.78, 5) is 4.59. The number of hydrogen-bond donors (Lipinski definition) is 0. The van der Waals surface area contributed by atoms with Crippen LogP contribution in [0, 0.1) is 5.21 Å². The molecule has 0 fully saturated rings. The maximum atomic E-state index is 10.8. The second-order valence-corrected chi connectivity index (χ2v) is 2.81. The summed E-state index contributed by atoms with van der Waals surface area (Å²) in [5.74, 6) is 0. The van der Waals surface area contributed by atoms with Gasteiger partial charge in [0.25, 0.3) is 0 Å². The van der Waals surface area contributed by atoms with E-state index in [1.807, 2.05) is 12.1 Å². The number of hydroxylamine groups is 1. The molecule has 74 valence electrons. The number of nitrogens with zero attached hydrogens (tertiary/aromatic N) is 2. The smallest absolute Gasteiger partial charge is 0.213 e. The molecule has 1 aromatic carbocycles. The number of benzene rings is 1. The van der Waals surface area contributed by atoms with Crippen LogP contribution in [-0.4, -0.2) is 12.0 Å². The van der Waals surface area contributed by atoms with Crippen LogP contribution in [0.3, 0.4) is 0 Å². The van der Waals surface area contributed by atoms with E-state index >= 15 is 0 Å². The molecule has 0 N–H and O–H groups in total. The van der Waals surface area contributed by atoms with Gasteiger partial charge in [0, 0.05) is 11.1 Å². The zero-order valence-electron chi connectivity index (χ0n) is 7.55. The van der Waals surface area contributed by atoms with Gasteiger partial charge >= 0.3 is 0 Å². The maximum absolute atomic E-state index is 10.8. The van der Waals surface area contributed by atoms with E-state index in [9.17, 15) is 5.21 Å². The van der Waals surface area contributed by atoms with Crippen molar-refractivity contribution in [3.63, 3.8) is 0 Å². The third kappa shape index (κ3) is 3.06. The summed E-state index contributed by atoms with van der Waals surface area (Å²) in [7, 11) is 1.30. The average molecular weight is 213 g/mol. The number of halogens is 1. The van der Waals surface area contributed by atoms with Crippen molar-refractivity contribution >= 4 is 17.7 Å². The van der Waals surface area contributed by atoms with Crippen molar-refractivity contribution in [3.05, 3.63) is 46.3 Å². The Morgan fingerprint density at radius 2 is 2.21 bits per heavy atom. The summed E-state index contributed by atoms with van der Waals surface area (Å²) in [6, 6.07) is 7.17. The number of rotatable bonds is 3. The summed E-state index contributed by atoms with van der Waals surface area (Å²) < 4.78 is 0. The van der Waals surface area contributed by atoms with Crippen LogP contribution >= 0.6 is 11.6 Å². The molecule has 5 heteroatoms. The molecule has 0 saturated carbocycles. The summed E-state index contributed by atoms with van der Waals surface area (Å²) >= 11 is 5.85. The van der Waals surface area contributed by atoms with E-state index < -0.39 is 0 Å². The van der Waals surface area contributed by atoms with Crippen LogP contribution in [-0.2, 0) is 4.84 Å². The molecule has 4 nitrogen and oxygen atoms in total. The highest BCUT2D eigenvalue weighted by Gasteiger charge is 1.95. The van der Waals surface area contributed by atoms with Gasteiger partial charge in [-0.3, -0.25) is 0 Å². The Balaban J connectivity index is 2.79. The molecule has 1 aromatic rings. The molecule has 0 atom stereocenters. The van der Waals surface area contributed by atoms with Crippen molar-refractivity contribution in [2.24, 2.45) is 5.28 Å². The van der Waals surface area contributed by atoms with Gasteiger partial charge in [-0.05, 0) is 16.5 Å². The minimum absolute atomic E-state index is 0.309. The van der Waals surface area contributed by atoms with E-state index in [4.69, 9.17) is 11.6 Å². The van der Waals surface area contributed by atoms with Crippen LogP contribution in [0.4, 0.5) is 0 Å². The van der Waals surface area contributed by atoms with Gasteiger partial charge in [0.05, 0.1) is 0 Å². The topological polar surface area (TPSA) is 47.7 Å². The van der Waals surface area contributed by atoms with E-state index in [-0.39, 0.29) is 0 Å². The van der Waals surface area contributed by atoms with Gasteiger partial charge in [-0.15, -0.1) is 0 Å². The molecule has 0 radical (unpaired) electrons. The van der Waals surface area contributed by atoms with Crippen LogP contribution in [0.15, 0.2) is 35.7 Å². The fraction of sp³-hybridized carbons (Fsp3) is 0.111. The lowest BCUT2D eigenvalue weighted by molar-refractivity contribution is -0.490. The van der Waals surface area contributed by atoms with Crippen LogP contribution in [0.2, 0.25) is 5.02 Å². The lowest BCUT2D eigenvalue weighted by Crippen LogP contribution is -1.88. The van der Waals surface area contributed by atoms with Crippen molar-refractivity contribution in [3.8, 4) is 0 Å². The molecule has 0 unspecified atom stereocenters. The molecule has 1 rings (SSSR count). The maximum Gasteiger partial charge on any atom is 0.213 e. The summed E-state index contributed by atoms with van der Waals surface area (Å²) in [6.07, 6.45) is 2.77. The first-order valence-electron chi connectivity index (χ1n) is 3.87. The average Bonchev–Trinajstić information content (AvgIpc) is 2.17. The van der Waals surface area contributed by atoms with E-state index in [1.54, 1.807) is 18.2 Å². The normalized spacial score (nSPS) is 12.0. The van der Waals surface area contributed by atoms with Crippen molar-refractivity contribution in [2.45, 2.75) is 0 Å². The molecule has 0 aliphatic heterocycles. The SMILES string of the molecule is CO/N=[N+](\[O-])C=Cc1ccccc1Cl. The first kappa shape index (κ1) is 10.5. The van der Waals surface area contributed by atoms with E-state index in [0.29, 0.717) is 9.88 Å². The van der Waals surface area contributed by atoms with Gasteiger partial charge in [-0.2, -0.15) is 0 Å². The minimum atomic E-state index is 0.309. The second kappa shape index (κ2) is 5.24. The fourth-order valence-electron chi connectivity index (χ4n) is 0.862. The molecule has 0 saturated heterocycles. The van der Waals surface area contributed by atoms with Gasteiger partial charge in [0.2, 0.25) is 11.5 Å². The van der Waals surface area contributed by atoms with E-state index in [1.165, 1.54) is 13.3 Å². The third-order valence-electron chi connectivity index (χ3n) is 1.45. The van der Waals surface area contributed by atoms with Gasteiger partial charge < -0.3 is 10.0 Å². The van der Waals surface area contributed by atoms with Crippen molar-refractivity contribution in [1.82, 2.24) is 0 Å². The van der Waals surface area contributed by atoms with E-state index in [0.717, 1.165) is 5.56 Å². The van der Waals surface area contributed by atoms with Crippen molar-refractivity contribution in [2.75, 3.05) is 7.11 Å². The molecule has 0 spiro atoms. The van der Waals surface area contributed by atoms with Gasteiger partial charge in [-0.1, -0.05) is 29.8 Å². The standard InChI is InChI=1S/C9H9ClN2O2/c1-14-11-12(13)7-6-8-4-2-3-5-9(8)10/h2-7H,1H3/b7-6?,12-11-. The van der Waals surface area contributed by atoms with Crippen LogP contribution < -0.4 is 0 Å². The molecule has 0 aliphatic carbocycles. The van der Waals surface area contributed by atoms with Crippen LogP contribution in [0.1, 0.15) is 5.56 Å². The van der Waals surface area contributed by atoms with Gasteiger partial charge in [0.15, 0.2) is 0 Å². The first-order valence-corrected chi connectivity index (χ1v) is 4.25. The largest absolute Gasteiger partial charge is 0.592 e. The van der Waals surface area contributed by atoms with Crippen molar-refractivity contribution < 1.29 is 9.70 Å². The van der Waals surface area contributed by atoms with Crippen LogP contribution in [0.25, 0.3) is 6.08 Å². The van der Waals surface area contributed by atoms with Crippen LogP contribution in [0.5, 0.6) is 0 Å².